The fourth-order valence-electron chi connectivity index (χ4n) is 0.954. The van der Waals surface area contributed by atoms with E-state index in [0.29, 0.717) is 5.82 Å². The van der Waals surface area contributed by atoms with E-state index in [1.807, 2.05) is 20.8 Å². The number of nitrogens with two attached hydrogens (primary N) is 1. The van der Waals surface area contributed by atoms with Gasteiger partial charge in [0.2, 0.25) is 5.82 Å². The number of amides is 1. The molecule has 0 aliphatic heterocycles. The Morgan fingerprint density at radius 3 is 2.69 bits per heavy atom. The standard InChI is InChI=1S/C10H14FN3O2/c1-10(2,3)9-13-4-6(11)8(14-9)16-5-7(12)15/h4H,5H2,1-3H3,(H2,12,15). The minimum atomic E-state index is -0.714. The summed E-state index contributed by atoms with van der Waals surface area (Å²) in [7, 11) is 0. The molecule has 0 aliphatic rings. The van der Waals surface area contributed by atoms with Crippen molar-refractivity contribution in [3.05, 3.63) is 17.8 Å². The molecule has 6 heteroatoms. The van der Waals surface area contributed by atoms with Crippen LogP contribution in [0.5, 0.6) is 5.88 Å². The minimum Gasteiger partial charge on any atom is -0.465 e. The van der Waals surface area contributed by atoms with Gasteiger partial charge in [-0.2, -0.15) is 9.37 Å². The van der Waals surface area contributed by atoms with Crippen molar-refractivity contribution in [3.63, 3.8) is 0 Å². The van der Waals surface area contributed by atoms with E-state index in [4.69, 9.17) is 10.5 Å². The highest BCUT2D eigenvalue weighted by Gasteiger charge is 2.20. The number of rotatable bonds is 3. The summed E-state index contributed by atoms with van der Waals surface area (Å²) >= 11 is 0. The molecule has 0 bridgehead atoms. The summed E-state index contributed by atoms with van der Waals surface area (Å²) in [5, 5.41) is 0. The molecule has 1 aromatic rings. The Kier molecular flexibility index (Phi) is 3.41. The molecule has 5 nitrogen and oxygen atoms in total. The predicted molar refractivity (Wildman–Crippen MR) is 55.4 cm³/mol. The van der Waals surface area contributed by atoms with Crippen molar-refractivity contribution in [2.45, 2.75) is 26.2 Å². The first kappa shape index (κ1) is 12.4. The number of carbonyl (C=O) groups excluding carboxylic acids is 1. The van der Waals surface area contributed by atoms with E-state index in [1.54, 1.807) is 0 Å². The fourth-order valence-corrected chi connectivity index (χ4v) is 0.954. The van der Waals surface area contributed by atoms with E-state index in [-0.39, 0.29) is 11.3 Å². The number of carbonyl (C=O) groups is 1. The molecule has 1 aromatic heterocycles. The molecule has 0 unspecified atom stereocenters. The van der Waals surface area contributed by atoms with Gasteiger partial charge in [0.25, 0.3) is 11.8 Å². The number of aromatic nitrogens is 2. The van der Waals surface area contributed by atoms with Crippen LogP contribution >= 0.6 is 0 Å². The van der Waals surface area contributed by atoms with Crippen molar-refractivity contribution in [2.75, 3.05) is 6.61 Å². The minimum absolute atomic E-state index is 0.251. The Bertz CT molecular complexity index is 402. The molecule has 2 N–H and O–H groups in total. The molecular weight excluding hydrogens is 213 g/mol. The predicted octanol–water partition coefficient (Wildman–Crippen LogP) is 0.777. The van der Waals surface area contributed by atoms with Gasteiger partial charge in [-0.25, -0.2) is 4.98 Å². The lowest BCUT2D eigenvalue weighted by molar-refractivity contribution is -0.120. The Balaban J connectivity index is 2.95. The maximum atomic E-state index is 13.2. The van der Waals surface area contributed by atoms with Crippen LogP contribution in [0.1, 0.15) is 26.6 Å². The topological polar surface area (TPSA) is 78.1 Å². The van der Waals surface area contributed by atoms with Crippen molar-refractivity contribution in [1.29, 1.82) is 0 Å². The maximum absolute atomic E-state index is 13.2. The smallest absolute Gasteiger partial charge is 0.255 e. The van der Waals surface area contributed by atoms with Crippen molar-refractivity contribution in [2.24, 2.45) is 5.73 Å². The van der Waals surface area contributed by atoms with Gasteiger partial charge in [-0.3, -0.25) is 4.79 Å². The van der Waals surface area contributed by atoms with Crippen molar-refractivity contribution in [3.8, 4) is 5.88 Å². The fraction of sp³-hybridized carbons (Fsp3) is 0.500. The highest BCUT2D eigenvalue weighted by Crippen LogP contribution is 2.21. The average molecular weight is 227 g/mol. The summed E-state index contributed by atoms with van der Waals surface area (Å²) in [4.78, 5) is 18.3. The Hall–Kier alpha value is -1.72. The van der Waals surface area contributed by atoms with Gasteiger partial charge >= 0.3 is 0 Å². The van der Waals surface area contributed by atoms with Crippen LogP contribution in [0, 0.1) is 5.82 Å². The molecule has 1 amide bonds. The van der Waals surface area contributed by atoms with E-state index in [0.717, 1.165) is 6.20 Å². The van der Waals surface area contributed by atoms with Crippen LogP contribution in [0.3, 0.4) is 0 Å². The second-order valence-electron chi connectivity index (χ2n) is 4.35. The second-order valence-corrected chi connectivity index (χ2v) is 4.35. The van der Waals surface area contributed by atoms with E-state index in [2.05, 4.69) is 9.97 Å². The molecule has 0 aromatic carbocycles. The van der Waals surface area contributed by atoms with Crippen LogP contribution in [0.15, 0.2) is 6.20 Å². The number of halogens is 1. The van der Waals surface area contributed by atoms with Crippen molar-refractivity contribution < 1.29 is 13.9 Å². The summed E-state index contributed by atoms with van der Waals surface area (Å²) < 4.78 is 18.0. The summed E-state index contributed by atoms with van der Waals surface area (Å²) in [5.74, 6) is -1.21. The molecule has 0 aliphatic carbocycles. The van der Waals surface area contributed by atoms with Gasteiger partial charge in [-0.1, -0.05) is 20.8 Å². The average Bonchev–Trinajstić information content (AvgIpc) is 2.14. The number of nitrogens with zero attached hydrogens (tertiary/aromatic N) is 2. The number of ether oxygens (including phenoxy) is 1. The van der Waals surface area contributed by atoms with E-state index >= 15 is 0 Å². The Labute approximate surface area is 92.8 Å². The molecule has 1 heterocycles. The molecular formula is C10H14FN3O2. The third-order valence-corrected chi connectivity index (χ3v) is 1.73. The van der Waals surface area contributed by atoms with E-state index in [9.17, 15) is 9.18 Å². The first-order valence-electron chi connectivity index (χ1n) is 4.75. The number of hydrogen-bond acceptors (Lipinski definition) is 4. The van der Waals surface area contributed by atoms with Crippen LogP contribution in [0.25, 0.3) is 0 Å². The largest absolute Gasteiger partial charge is 0.465 e. The summed E-state index contributed by atoms with van der Waals surface area (Å²) in [5.41, 5.74) is 4.56. The zero-order valence-corrected chi connectivity index (χ0v) is 9.45. The molecule has 16 heavy (non-hydrogen) atoms. The third kappa shape index (κ3) is 3.15. The maximum Gasteiger partial charge on any atom is 0.255 e. The molecule has 0 saturated heterocycles. The second kappa shape index (κ2) is 4.42. The highest BCUT2D eigenvalue weighted by molar-refractivity contribution is 5.75. The zero-order valence-electron chi connectivity index (χ0n) is 9.45. The summed E-state index contributed by atoms with van der Waals surface area (Å²) in [6, 6.07) is 0. The van der Waals surface area contributed by atoms with Crippen LogP contribution in [0.2, 0.25) is 0 Å². The first-order valence-corrected chi connectivity index (χ1v) is 4.75. The van der Waals surface area contributed by atoms with Crippen LogP contribution in [0.4, 0.5) is 4.39 Å². The number of primary amides is 1. The van der Waals surface area contributed by atoms with Gasteiger partial charge in [0.15, 0.2) is 6.61 Å². The number of hydrogen-bond donors (Lipinski definition) is 1. The van der Waals surface area contributed by atoms with Crippen molar-refractivity contribution in [1.82, 2.24) is 9.97 Å². The van der Waals surface area contributed by atoms with Gasteiger partial charge in [0.05, 0.1) is 6.20 Å². The lowest BCUT2D eigenvalue weighted by Gasteiger charge is -2.16. The summed E-state index contributed by atoms with van der Waals surface area (Å²) in [6.07, 6.45) is 1.02. The van der Waals surface area contributed by atoms with Crippen LogP contribution in [-0.4, -0.2) is 22.5 Å². The van der Waals surface area contributed by atoms with Gasteiger partial charge < -0.3 is 10.5 Å². The first-order chi connectivity index (χ1) is 7.30. The van der Waals surface area contributed by atoms with Crippen LogP contribution in [-0.2, 0) is 10.2 Å². The lowest BCUT2D eigenvalue weighted by atomic mass is 9.96. The molecule has 0 fully saturated rings. The van der Waals surface area contributed by atoms with E-state index in [1.165, 1.54) is 0 Å². The lowest BCUT2D eigenvalue weighted by Crippen LogP contribution is -2.22. The normalized spacial score (nSPS) is 11.2. The Morgan fingerprint density at radius 1 is 1.56 bits per heavy atom. The quantitative estimate of drug-likeness (QED) is 0.827. The Morgan fingerprint density at radius 2 is 2.19 bits per heavy atom. The molecule has 0 atom stereocenters. The third-order valence-electron chi connectivity index (χ3n) is 1.73. The molecule has 88 valence electrons. The molecule has 0 radical (unpaired) electrons. The van der Waals surface area contributed by atoms with Crippen molar-refractivity contribution >= 4 is 5.91 Å². The molecule has 0 saturated carbocycles. The monoisotopic (exact) mass is 227 g/mol. The molecule has 0 spiro atoms. The van der Waals surface area contributed by atoms with Crippen LogP contribution < -0.4 is 10.5 Å². The van der Waals surface area contributed by atoms with Gasteiger partial charge in [0, 0.05) is 5.41 Å². The van der Waals surface area contributed by atoms with E-state index < -0.39 is 18.3 Å². The SMILES string of the molecule is CC(C)(C)c1ncc(F)c(OCC(N)=O)n1. The molecule has 1 rings (SSSR count). The summed E-state index contributed by atoms with van der Waals surface area (Å²) in [6.45, 7) is 5.26. The zero-order chi connectivity index (χ0) is 12.3. The van der Waals surface area contributed by atoms with Gasteiger partial charge in [0.1, 0.15) is 5.82 Å². The highest BCUT2D eigenvalue weighted by atomic mass is 19.1. The van der Waals surface area contributed by atoms with Gasteiger partial charge in [-0.15, -0.1) is 0 Å². The van der Waals surface area contributed by atoms with Gasteiger partial charge in [-0.05, 0) is 0 Å².